The molecule has 1 unspecified atom stereocenters. The maximum Gasteiger partial charge on any atom is 0.127 e. The average Bonchev–Trinajstić information content (AvgIpc) is 3.26. The first-order valence-corrected chi connectivity index (χ1v) is 11.7. The summed E-state index contributed by atoms with van der Waals surface area (Å²) in [4.78, 5) is 9.72. The third-order valence-electron chi connectivity index (χ3n) is 6.46. The van der Waals surface area contributed by atoms with Gasteiger partial charge in [-0.15, -0.1) is 0 Å². The molecule has 0 spiro atoms. The number of likely N-dealkylation sites (tertiary alicyclic amines) is 1. The Hall–Kier alpha value is -2.63. The highest BCUT2D eigenvalue weighted by molar-refractivity contribution is 5.36. The van der Waals surface area contributed by atoms with E-state index < -0.39 is 0 Å². The van der Waals surface area contributed by atoms with E-state index in [0.717, 1.165) is 37.6 Å². The lowest BCUT2D eigenvalue weighted by atomic mass is 9.97. The first-order valence-electron chi connectivity index (χ1n) is 11.7. The minimum Gasteiger partial charge on any atom is -0.497 e. The lowest BCUT2D eigenvalue weighted by molar-refractivity contribution is 0.141. The number of piperidine rings is 1. The van der Waals surface area contributed by atoms with Crippen LogP contribution in [-0.4, -0.2) is 59.7 Å². The van der Waals surface area contributed by atoms with Gasteiger partial charge in [-0.2, -0.15) is 0 Å². The van der Waals surface area contributed by atoms with Crippen LogP contribution in [0.4, 0.5) is 0 Å². The Morgan fingerprint density at radius 2 is 2.00 bits per heavy atom. The summed E-state index contributed by atoms with van der Waals surface area (Å²) in [7, 11) is 3.95. The third-order valence-corrected chi connectivity index (χ3v) is 6.46. The Bertz CT molecular complexity index is 981. The summed E-state index contributed by atoms with van der Waals surface area (Å²) in [6, 6.07) is 17.1. The number of methoxy groups -OCH3 is 1. The van der Waals surface area contributed by atoms with E-state index >= 15 is 0 Å². The highest BCUT2D eigenvalue weighted by Gasteiger charge is 2.21. The van der Waals surface area contributed by atoms with Crippen molar-refractivity contribution in [2.24, 2.45) is 5.92 Å². The summed E-state index contributed by atoms with van der Waals surface area (Å²) < 4.78 is 7.48. The largest absolute Gasteiger partial charge is 0.497 e. The zero-order chi connectivity index (χ0) is 22.3. The van der Waals surface area contributed by atoms with Crippen LogP contribution in [0.3, 0.4) is 0 Å². The second kappa shape index (κ2) is 10.8. The van der Waals surface area contributed by atoms with E-state index in [1.807, 2.05) is 6.20 Å². The fraction of sp³-hybridized carbons (Fsp3) is 0.444. The Morgan fingerprint density at radius 1 is 1.16 bits per heavy atom. The predicted octanol–water partition coefficient (Wildman–Crippen LogP) is 4.58. The van der Waals surface area contributed by atoms with Gasteiger partial charge in [0.1, 0.15) is 11.6 Å². The first-order chi connectivity index (χ1) is 15.6. The molecule has 1 saturated heterocycles. The minimum absolute atomic E-state index is 0.715. The second-order valence-corrected chi connectivity index (χ2v) is 9.16. The standard InChI is InChI=1S/C27H36N4O/c1-22-6-4-8-25(18-22)31-17-14-28-27(31)21-29(2)19-24-7-5-15-30(20-24)16-13-23-9-11-26(32-3)12-10-23/h4,6,8-12,14,17-18,24H,5,7,13,15-16,19-21H2,1-3H3. The maximum atomic E-state index is 5.27. The SMILES string of the molecule is COc1ccc(CCN2CCCC(CN(C)Cc3nccn3-c3cccc(C)c3)C2)cc1. The number of ether oxygens (including phenoxy) is 1. The molecule has 32 heavy (non-hydrogen) atoms. The lowest BCUT2D eigenvalue weighted by Gasteiger charge is -2.34. The Balaban J connectivity index is 1.28. The Morgan fingerprint density at radius 3 is 2.78 bits per heavy atom. The summed E-state index contributed by atoms with van der Waals surface area (Å²) in [6.45, 7) is 7.64. The molecule has 5 nitrogen and oxygen atoms in total. The molecule has 1 aromatic heterocycles. The van der Waals surface area contributed by atoms with Gasteiger partial charge in [-0.05, 0) is 81.1 Å². The third kappa shape index (κ3) is 5.99. The molecule has 1 fully saturated rings. The van der Waals surface area contributed by atoms with E-state index in [2.05, 4.69) is 88.1 Å². The van der Waals surface area contributed by atoms with Crippen LogP contribution in [0.1, 0.15) is 29.8 Å². The Kier molecular flexibility index (Phi) is 7.61. The number of nitrogens with zero attached hydrogens (tertiary/aromatic N) is 4. The molecular weight excluding hydrogens is 396 g/mol. The van der Waals surface area contributed by atoms with Gasteiger partial charge in [0.05, 0.1) is 13.7 Å². The van der Waals surface area contributed by atoms with Crippen LogP contribution in [-0.2, 0) is 13.0 Å². The van der Waals surface area contributed by atoms with E-state index in [9.17, 15) is 0 Å². The summed E-state index contributed by atoms with van der Waals surface area (Å²) >= 11 is 0. The highest BCUT2D eigenvalue weighted by atomic mass is 16.5. The van der Waals surface area contributed by atoms with Gasteiger partial charge >= 0.3 is 0 Å². The van der Waals surface area contributed by atoms with Gasteiger partial charge in [0, 0.05) is 37.7 Å². The molecule has 0 saturated carbocycles. The van der Waals surface area contributed by atoms with Crippen LogP contribution in [0.5, 0.6) is 5.75 Å². The van der Waals surface area contributed by atoms with Gasteiger partial charge in [-0.3, -0.25) is 4.90 Å². The monoisotopic (exact) mass is 432 g/mol. The number of aryl methyl sites for hydroxylation is 1. The van der Waals surface area contributed by atoms with Crippen LogP contribution < -0.4 is 4.74 Å². The van der Waals surface area contributed by atoms with E-state index in [1.165, 1.54) is 42.7 Å². The van der Waals surface area contributed by atoms with Crippen LogP contribution >= 0.6 is 0 Å². The van der Waals surface area contributed by atoms with Crippen LogP contribution in [0, 0.1) is 12.8 Å². The van der Waals surface area contributed by atoms with Crippen molar-refractivity contribution in [1.29, 1.82) is 0 Å². The fourth-order valence-electron chi connectivity index (χ4n) is 4.79. The molecule has 3 aromatic rings. The normalized spacial score (nSPS) is 17.1. The number of hydrogen-bond donors (Lipinski definition) is 0. The van der Waals surface area contributed by atoms with Gasteiger partial charge in [0.15, 0.2) is 0 Å². The summed E-state index contributed by atoms with van der Waals surface area (Å²) in [6.07, 6.45) is 7.68. The maximum absolute atomic E-state index is 5.27. The van der Waals surface area contributed by atoms with Gasteiger partial charge < -0.3 is 14.2 Å². The van der Waals surface area contributed by atoms with Crippen LogP contribution in [0.25, 0.3) is 5.69 Å². The zero-order valence-electron chi connectivity index (χ0n) is 19.7. The van der Waals surface area contributed by atoms with Gasteiger partial charge in [-0.1, -0.05) is 24.3 Å². The molecule has 1 aliphatic heterocycles. The molecule has 1 aliphatic rings. The fourth-order valence-corrected chi connectivity index (χ4v) is 4.79. The highest BCUT2D eigenvalue weighted by Crippen LogP contribution is 2.20. The van der Waals surface area contributed by atoms with E-state index in [1.54, 1.807) is 7.11 Å². The summed E-state index contributed by atoms with van der Waals surface area (Å²) in [5.41, 5.74) is 3.84. The number of rotatable bonds is 9. The van der Waals surface area contributed by atoms with Crippen molar-refractivity contribution in [1.82, 2.24) is 19.4 Å². The van der Waals surface area contributed by atoms with Crippen molar-refractivity contribution in [3.05, 3.63) is 77.9 Å². The second-order valence-electron chi connectivity index (χ2n) is 9.16. The number of benzene rings is 2. The lowest BCUT2D eigenvalue weighted by Crippen LogP contribution is -2.41. The van der Waals surface area contributed by atoms with Crippen molar-refractivity contribution < 1.29 is 4.74 Å². The zero-order valence-corrected chi connectivity index (χ0v) is 19.7. The van der Waals surface area contributed by atoms with E-state index in [-0.39, 0.29) is 0 Å². The van der Waals surface area contributed by atoms with Gasteiger partial charge in [0.25, 0.3) is 0 Å². The van der Waals surface area contributed by atoms with Gasteiger partial charge in [-0.25, -0.2) is 4.98 Å². The quantitative estimate of drug-likeness (QED) is 0.496. The molecule has 0 amide bonds. The predicted molar refractivity (Wildman–Crippen MR) is 130 cm³/mol. The summed E-state index contributed by atoms with van der Waals surface area (Å²) in [5, 5.41) is 0. The molecule has 2 aromatic carbocycles. The Labute approximate surface area is 192 Å². The van der Waals surface area contributed by atoms with Crippen molar-refractivity contribution in [3.8, 4) is 11.4 Å². The topological polar surface area (TPSA) is 33.5 Å². The molecule has 0 aliphatic carbocycles. The van der Waals surface area contributed by atoms with Crippen molar-refractivity contribution >= 4 is 0 Å². The molecule has 5 heteroatoms. The molecular formula is C27H36N4O. The molecule has 0 N–H and O–H groups in total. The number of hydrogen-bond acceptors (Lipinski definition) is 4. The molecule has 4 rings (SSSR count). The smallest absolute Gasteiger partial charge is 0.127 e. The van der Waals surface area contributed by atoms with E-state index in [0.29, 0.717) is 5.92 Å². The van der Waals surface area contributed by atoms with Crippen molar-refractivity contribution in [2.75, 3.05) is 40.3 Å². The molecule has 0 bridgehead atoms. The summed E-state index contributed by atoms with van der Waals surface area (Å²) in [5.74, 6) is 2.75. The number of imidazole rings is 1. The molecule has 170 valence electrons. The van der Waals surface area contributed by atoms with Gasteiger partial charge in [0.2, 0.25) is 0 Å². The van der Waals surface area contributed by atoms with E-state index in [4.69, 9.17) is 4.74 Å². The molecule has 0 radical (unpaired) electrons. The molecule has 1 atom stereocenters. The van der Waals surface area contributed by atoms with Crippen LogP contribution in [0.2, 0.25) is 0 Å². The minimum atomic E-state index is 0.715. The first kappa shape index (κ1) is 22.6. The number of aromatic nitrogens is 2. The van der Waals surface area contributed by atoms with Crippen molar-refractivity contribution in [3.63, 3.8) is 0 Å². The average molecular weight is 433 g/mol. The molecule has 2 heterocycles. The van der Waals surface area contributed by atoms with Crippen LogP contribution in [0.15, 0.2) is 60.9 Å². The van der Waals surface area contributed by atoms with Crippen molar-refractivity contribution in [2.45, 2.75) is 32.7 Å².